The fraction of sp³-hybridized carbons (Fsp3) is 0.500. The molecule has 2 heteroatoms. The van der Waals surface area contributed by atoms with Crippen LogP contribution >= 0.6 is 0 Å². The Morgan fingerprint density at radius 2 is 1.94 bits per heavy atom. The summed E-state index contributed by atoms with van der Waals surface area (Å²) in [6.07, 6.45) is 0.629. The van der Waals surface area contributed by atoms with Gasteiger partial charge < -0.3 is 5.32 Å². The predicted octanol–water partition coefficient (Wildman–Crippen LogP) is 2.91. The number of rotatable bonds is 2. The highest BCUT2D eigenvalue weighted by Crippen LogP contribution is 2.46. The number of benzene rings is 1. The topological polar surface area (TPSA) is 29.1 Å². The lowest BCUT2D eigenvalue weighted by Gasteiger charge is -2.34. The normalized spacial score (nSPS) is 29.5. The minimum atomic E-state index is 0.0262. The first-order valence-electron chi connectivity index (χ1n) is 5.88. The fourth-order valence-corrected chi connectivity index (χ4v) is 2.47. The summed E-state index contributed by atoms with van der Waals surface area (Å²) >= 11 is 0. The molecule has 0 spiro atoms. The van der Waals surface area contributed by atoms with Gasteiger partial charge in [-0.2, -0.15) is 0 Å². The zero-order chi connectivity index (χ0) is 11.8. The molecule has 0 bridgehead atoms. The number of hydrogen-bond acceptors (Lipinski definition) is 1. The van der Waals surface area contributed by atoms with Crippen molar-refractivity contribution >= 4 is 5.91 Å². The SMILES string of the molecule is CC(C)C1(C)CC(=O)NC1c1ccccc1. The lowest BCUT2D eigenvalue weighted by atomic mass is 9.71. The Kier molecular flexibility index (Phi) is 2.75. The Morgan fingerprint density at radius 3 is 2.50 bits per heavy atom. The van der Waals surface area contributed by atoms with Gasteiger partial charge in [-0.1, -0.05) is 51.1 Å². The molecule has 1 heterocycles. The van der Waals surface area contributed by atoms with Crippen molar-refractivity contribution < 1.29 is 4.79 Å². The van der Waals surface area contributed by atoms with E-state index in [2.05, 4.69) is 38.2 Å². The second-order valence-electron chi connectivity index (χ2n) is 5.25. The minimum Gasteiger partial charge on any atom is -0.349 e. The van der Waals surface area contributed by atoms with E-state index in [1.165, 1.54) is 5.56 Å². The second kappa shape index (κ2) is 3.93. The first kappa shape index (κ1) is 11.2. The van der Waals surface area contributed by atoms with Crippen molar-refractivity contribution in [2.75, 3.05) is 0 Å². The lowest BCUT2D eigenvalue weighted by Crippen LogP contribution is -2.31. The van der Waals surface area contributed by atoms with Crippen molar-refractivity contribution in [2.45, 2.75) is 33.2 Å². The molecular weight excluding hydrogens is 198 g/mol. The molecule has 1 amide bonds. The first-order chi connectivity index (χ1) is 7.54. The molecule has 2 nitrogen and oxygen atoms in total. The number of amides is 1. The number of carbonyl (C=O) groups excluding carboxylic acids is 1. The van der Waals surface area contributed by atoms with E-state index in [1.807, 2.05) is 18.2 Å². The lowest BCUT2D eigenvalue weighted by molar-refractivity contribution is -0.119. The quantitative estimate of drug-likeness (QED) is 0.810. The highest BCUT2D eigenvalue weighted by atomic mass is 16.2. The summed E-state index contributed by atoms with van der Waals surface area (Å²) in [5.74, 6) is 0.654. The van der Waals surface area contributed by atoms with Crippen molar-refractivity contribution in [1.29, 1.82) is 0 Å². The van der Waals surface area contributed by atoms with Crippen LogP contribution < -0.4 is 5.32 Å². The third-order valence-corrected chi connectivity index (χ3v) is 3.96. The average Bonchev–Trinajstić information content (AvgIpc) is 2.57. The van der Waals surface area contributed by atoms with Gasteiger partial charge in [-0.05, 0) is 11.5 Å². The molecule has 0 radical (unpaired) electrons. The Balaban J connectivity index is 2.37. The summed E-state index contributed by atoms with van der Waals surface area (Å²) in [7, 11) is 0. The largest absolute Gasteiger partial charge is 0.349 e. The maximum Gasteiger partial charge on any atom is 0.221 e. The summed E-state index contributed by atoms with van der Waals surface area (Å²) in [5, 5.41) is 3.10. The van der Waals surface area contributed by atoms with Crippen LogP contribution in [0.4, 0.5) is 0 Å². The van der Waals surface area contributed by atoms with Crippen LogP contribution in [0.5, 0.6) is 0 Å². The molecule has 2 atom stereocenters. The molecule has 1 aromatic carbocycles. The van der Waals surface area contributed by atoms with Crippen LogP contribution in [0.2, 0.25) is 0 Å². The van der Waals surface area contributed by atoms with Gasteiger partial charge in [-0.15, -0.1) is 0 Å². The summed E-state index contributed by atoms with van der Waals surface area (Å²) in [6, 6.07) is 10.4. The van der Waals surface area contributed by atoms with Gasteiger partial charge in [0.15, 0.2) is 0 Å². The number of carbonyl (C=O) groups is 1. The van der Waals surface area contributed by atoms with Gasteiger partial charge in [-0.25, -0.2) is 0 Å². The Morgan fingerprint density at radius 1 is 1.31 bits per heavy atom. The van der Waals surface area contributed by atoms with Crippen LogP contribution in [0, 0.1) is 11.3 Å². The van der Waals surface area contributed by atoms with Crippen LogP contribution in [0.25, 0.3) is 0 Å². The van der Waals surface area contributed by atoms with E-state index in [0.29, 0.717) is 12.3 Å². The van der Waals surface area contributed by atoms with Gasteiger partial charge in [0.05, 0.1) is 6.04 Å². The van der Waals surface area contributed by atoms with E-state index in [-0.39, 0.29) is 17.4 Å². The number of nitrogens with one attached hydrogen (secondary N) is 1. The molecular formula is C14H19NO. The molecule has 2 rings (SSSR count). The van der Waals surface area contributed by atoms with Crippen LogP contribution in [-0.4, -0.2) is 5.91 Å². The van der Waals surface area contributed by atoms with Crippen molar-refractivity contribution in [3.8, 4) is 0 Å². The van der Waals surface area contributed by atoms with Gasteiger partial charge in [0.1, 0.15) is 0 Å². The van der Waals surface area contributed by atoms with Crippen LogP contribution in [0.15, 0.2) is 30.3 Å². The highest BCUT2D eigenvalue weighted by molar-refractivity contribution is 5.80. The van der Waals surface area contributed by atoms with Crippen molar-refractivity contribution in [3.05, 3.63) is 35.9 Å². The molecule has 1 saturated heterocycles. The molecule has 0 aromatic heterocycles. The highest BCUT2D eigenvalue weighted by Gasteiger charge is 2.45. The molecule has 1 aliphatic rings. The van der Waals surface area contributed by atoms with E-state index >= 15 is 0 Å². The summed E-state index contributed by atoms with van der Waals surface area (Å²) < 4.78 is 0. The predicted molar refractivity (Wildman–Crippen MR) is 64.9 cm³/mol. The van der Waals surface area contributed by atoms with Gasteiger partial charge in [-0.3, -0.25) is 4.79 Å². The number of hydrogen-bond donors (Lipinski definition) is 1. The Bertz CT molecular complexity index is 385. The Hall–Kier alpha value is -1.31. The molecule has 2 unspecified atom stereocenters. The monoisotopic (exact) mass is 217 g/mol. The van der Waals surface area contributed by atoms with Crippen molar-refractivity contribution in [1.82, 2.24) is 5.32 Å². The fourth-order valence-electron chi connectivity index (χ4n) is 2.47. The maximum atomic E-state index is 11.6. The third kappa shape index (κ3) is 1.73. The third-order valence-electron chi connectivity index (χ3n) is 3.96. The summed E-state index contributed by atoms with van der Waals surface area (Å²) in [6.45, 7) is 6.58. The van der Waals surface area contributed by atoms with E-state index in [0.717, 1.165) is 0 Å². The first-order valence-corrected chi connectivity index (χ1v) is 5.88. The molecule has 0 aliphatic carbocycles. The standard InChI is InChI=1S/C14H19NO/c1-10(2)14(3)9-12(16)15-13(14)11-7-5-4-6-8-11/h4-8,10,13H,9H2,1-3H3,(H,15,16). The molecule has 1 fully saturated rings. The molecule has 1 aliphatic heterocycles. The maximum absolute atomic E-state index is 11.6. The molecule has 16 heavy (non-hydrogen) atoms. The van der Waals surface area contributed by atoms with Crippen LogP contribution in [0.1, 0.15) is 38.8 Å². The smallest absolute Gasteiger partial charge is 0.221 e. The zero-order valence-electron chi connectivity index (χ0n) is 10.2. The van der Waals surface area contributed by atoms with Gasteiger partial charge in [0.25, 0.3) is 0 Å². The van der Waals surface area contributed by atoms with Crippen LogP contribution in [0.3, 0.4) is 0 Å². The van der Waals surface area contributed by atoms with E-state index in [1.54, 1.807) is 0 Å². The average molecular weight is 217 g/mol. The van der Waals surface area contributed by atoms with E-state index in [4.69, 9.17) is 0 Å². The second-order valence-corrected chi connectivity index (χ2v) is 5.25. The van der Waals surface area contributed by atoms with E-state index < -0.39 is 0 Å². The summed E-state index contributed by atoms with van der Waals surface area (Å²) in [5.41, 5.74) is 1.24. The zero-order valence-corrected chi connectivity index (χ0v) is 10.2. The molecule has 1 N–H and O–H groups in total. The molecule has 1 aromatic rings. The minimum absolute atomic E-state index is 0.0262. The molecule has 0 saturated carbocycles. The van der Waals surface area contributed by atoms with Crippen molar-refractivity contribution in [3.63, 3.8) is 0 Å². The van der Waals surface area contributed by atoms with E-state index in [9.17, 15) is 4.79 Å². The summed E-state index contributed by atoms with van der Waals surface area (Å²) in [4.78, 5) is 11.6. The van der Waals surface area contributed by atoms with Crippen LogP contribution in [-0.2, 0) is 4.79 Å². The Labute approximate surface area is 97.1 Å². The van der Waals surface area contributed by atoms with Gasteiger partial charge in [0.2, 0.25) is 5.91 Å². The van der Waals surface area contributed by atoms with Gasteiger partial charge in [0, 0.05) is 11.8 Å². The molecule has 86 valence electrons. The van der Waals surface area contributed by atoms with Gasteiger partial charge >= 0.3 is 0 Å². The van der Waals surface area contributed by atoms with Crippen molar-refractivity contribution in [2.24, 2.45) is 11.3 Å².